The van der Waals surface area contributed by atoms with Crippen molar-refractivity contribution in [1.82, 2.24) is 24.6 Å². The first-order valence-electron chi connectivity index (χ1n) is 9.61. The van der Waals surface area contributed by atoms with Gasteiger partial charge >= 0.3 is 0 Å². The SMILES string of the molecule is CN1C(=O)c2cc(-c3nnco3)cn2-c2cc(-c3ccc(Cl)nc3)ccc2C12CC2. The standard InChI is InChI=1S/C22H16ClN5O2/c1-27-21(29)18-9-15(20-26-25-12-30-20)11-28(18)17-8-13(14-3-5-19(23)24-10-14)2-4-16(17)22(27)6-7-22/h2-5,8-12H,6-7H2,1H3. The number of halogens is 1. The fourth-order valence-electron chi connectivity index (χ4n) is 4.36. The highest BCUT2D eigenvalue weighted by Gasteiger charge is 2.53. The van der Waals surface area contributed by atoms with E-state index < -0.39 is 0 Å². The first kappa shape index (κ1) is 17.4. The van der Waals surface area contributed by atoms with Gasteiger partial charge in [0.1, 0.15) is 10.8 Å². The highest BCUT2D eigenvalue weighted by Crippen LogP contribution is 2.54. The van der Waals surface area contributed by atoms with Crippen LogP contribution in [0.1, 0.15) is 28.9 Å². The van der Waals surface area contributed by atoms with Crippen molar-refractivity contribution in [2.75, 3.05) is 7.05 Å². The molecule has 4 heterocycles. The Morgan fingerprint density at radius 1 is 1.10 bits per heavy atom. The summed E-state index contributed by atoms with van der Waals surface area (Å²) < 4.78 is 7.29. The molecule has 1 saturated carbocycles. The molecule has 148 valence electrons. The van der Waals surface area contributed by atoms with Crippen LogP contribution in [0.5, 0.6) is 0 Å². The summed E-state index contributed by atoms with van der Waals surface area (Å²) >= 11 is 5.95. The molecule has 1 aliphatic carbocycles. The van der Waals surface area contributed by atoms with Gasteiger partial charge in [0.2, 0.25) is 12.3 Å². The highest BCUT2D eigenvalue weighted by atomic mass is 35.5. The third-order valence-corrected chi connectivity index (χ3v) is 6.36. The van der Waals surface area contributed by atoms with Crippen LogP contribution in [0.25, 0.3) is 28.3 Å². The second-order valence-corrected chi connectivity index (χ2v) is 8.11. The van der Waals surface area contributed by atoms with E-state index >= 15 is 0 Å². The third kappa shape index (κ3) is 2.39. The maximum atomic E-state index is 13.3. The van der Waals surface area contributed by atoms with Crippen molar-refractivity contribution in [3.8, 4) is 28.3 Å². The van der Waals surface area contributed by atoms with Crippen LogP contribution in [0.4, 0.5) is 0 Å². The van der Waals surface area contributed by atoms with E-state index in [0.717, 1.165) is 35.2 Å². The van der Waals surface area contributed by atoms with Crippen LogP contribution in [-0.2, 0) is 5.54 Å². The molecular weight excluding hydrogens is 402 g/mol. The number of carbonyl (C=O) groups is 1. The molecule has 1 aromatic carbocycles. The zero-order valence-corrected chi connectivity index (χ0v) is 16.8. The van der Waals surface area contributed by atoms with Gasteiger partial charge in [0.25, 0.3) is 5.91 Å². The Morgan fingerprint density at radius 2 is 1.93 bits per heavy atom. The topological polar surface area (TPSA) is 77.0 Å². The molecule has 2 aliphatic rings. The molecule has 8 heteroatoms. The fourth-order valence-corrected chi connectivity index (χ4v) is 4.48. The van der Waals surface area contributed by atoms with Gasteiger partial charge < -0.3 is 13.9 Å². The minimum Gasteiger partial charge on any atom is -0.423 e. The summed E-state index contributed by atoms with van der Waals surface area (Å²) in [6.45, 7) is 0. The van der Waals surface area contributed by atoms with E-state index in [-0.39, 0.29) is 11.4 Å². The minimum atomic E-state index is -0.257. The van der Waals surface area contributed by atoms with Gasteiger partial charge in [-0.2, -0.15) is 0 Å². The quantitative estimate of drug-likeness (QED) is 0.454. The van der Waals surface area contributed by atoms with Crippen LogP contribution in [0.2, 0.25) is 5.15 Å². The molecule has 4 aromatic rings. The molecule has 0 bridgehead atoms. The van der Waals surface area contributed by atoms with E-state index in [4.69, 9.17) is 16.0 Å². The van der Waals surface area contributed by atoms with Gasteiger partial charge in [-0.1, -0.05) is 23.7 Å². The van der Waals surface area contributed by atoms with Crippen LogP contribution in [-0.4, -0.2) is 37.6 Å². The van der Waals surface area contributed by atoms with Crippen molar-refractivity contribution in [2.24, 2.45) is 0 Å². The summed E-state index contributed by atoms with van der Waals surface area (Å²) in [4.78, 5) is 19.4. The molecule has 30 heavy (non-hydrogen) atoms. The van der Waals surface area contributed by atoms with Gasteiger partial charge in [0, 0.05) is 30.6 Å². The van der Waals surface area contributed by atoms with E-state index in [2.05, 4.69) is 33.4 Å². The minimum absolute atomic E-state index is 0.0239. The van der Waals surface area contributed by atoms with Crippen molar-refractivity contribution in [3.05, 3.63) is 71.6 Å². The summed E-state index contributed by atoms with van der Waals surface area (Å²) in [5, 5.41) is 8.20. The average molecular weight is 418 g/mol. The largest absolute Gasteiger partial charge is 0.423 e. The van der Waals surface area contributed by atoms with Gasteiger partial charge in [0.05, 0.1) is 16.8 Å². The monoisotopic (exact) mass is 417 g/mol. The summed E-state index contributed by atoms with van der Waals surface area (Å²) in [5.41, 5.74) is 5.09. The molecule has 1 spiro atoms. The Morgan fingerprint density at radius 3 is 2.63 bits per heavy atom. The molecule has 0 saturated heterocycles. The van der Waals surface area contributed by atoms with Crippen LogP contribution in [0.15, 0.2) is 59.6 Å². The third-order valence-electron chi connectivity index (χ3n) is 6.14. The number of hydrogen-bond acceptors (Lipinski definition) is 5. The number of nitrogens with zero attached hydrogens (tertiary/aromatic N) is 5. The highest BCUT2D eigenvalue weighted by molar-refractivity contribution is 6.29. The van der Waals surface area contributed by atoms with Crippen molar-refractivity contribution in [2.45, 2.75) is 18.4 Å². The molecule has 3 aromatic heterocycles. The maximum absolute atomic E-state index is 13.3. The zero-order valence-electron chi connectivity index (χ0n) is 16.0. The summed E-state index contributed by atoms with van der Waals surface area (Å²) in [6.07, 6.45) is 6.83. The van der Waals surface area contributed by atoms with E-state index in [1.807, 2.05) is 34.8 Å². The number of carbonyl (C=O) groups excluding carboxylic acids is 1. The van der Waals surface area contributed by atoms with Crippen molar-refractivity contribution in [1.29, 1.82) is 0 Å². The molecule has 1 fully saturated rings. The molecule has 0 N–H and O–H groups in total. The van der Waals surface area contributed by atoms with Gasteiger partial charge in [-0.3, -0.25) is 4.79 Å². The van der Waals surface area contributed by atoms with Crippen LogP contribution >= 0.6 is 11.6 Å². The molecule has 7 nitrogen and oxygen atoms in total. The lowest BCUT2D eigenvalue weighted by Gasteiger charge is -2.27. The average Bonchev–Trinajstić information content (AvgIpc) is 3.19. The first-order valence-corrected chi connectivity index (χ1v) is 9.98. The van der Waals surface area contributed by atoms with E-state index in [1.54, 1.807) is 12.3 Å². The summed E-state index contributed by atoms with van der Waals surface area (Å²) in [7, 11) is 1.88. The molecule has 0 radical (unpaired) electrons. The van der Waals surface area contributed by atoms with E-state index in [9.17, 15) is 4.79 Å². The fraction of sp³-hybridized carbons (Fsp3) is 0.182. The maximum Gasteiger partial charge on any atom is 0.271 e. The Bertz CT molecular complexity index is 1290. The number of aromatic nitrogens is 4. The molecule has 6 rings (SSSR count). The molecular formula is C22H16ClN5O2. The number of benzene rings is 1. The van der Waals surface area contributed by atoms with Crippen molar-refractivity contribution >= 4 is 17.5 Å². The number of fused-ring (bicyclic) bond motifs is 4. The molecule has 1 amide bonds. The Labute approximate surface area is 176 Å². The number of hydrogen-bond donors (Lipinski definition) is 0. The van der Waals surface area contributed by atoms with Crippen LogP contribution < -0.4 is 0 Å². The number of amides is 1. The summed E-state index contributed by atoms with van der Waals surface area (Å²) in [6, 6.07) is 11.8. The van der Waals surface area contributed by atoms with Crippen LogP contribution in [0.3, 0.4) is 0 Å². The number of rotatable bonds is 2. The Hall–Kier alpha value is -3.45. The molecule has 1 aliphatic heterocycles. The van der Waals surface area contributed by atoms with Gasteiger partial charge in [-0.15, -0.1) is 10.2 Å². The second kappa shape index (κ2) is 6.03. The van der Waals surface area contributed by atoms with Gasteiger partial charge in [0.15, 0.2) is 0 Å². The Kier molecular flexibility index (Phi) is 3.50. The predicted molar refractivity (Wildman–Crippen MR) is 110 cm³/mol. The Balaban J connectivity index is 1.59. The smallest absolute Gasteiger partial charge is 0.271 e. The van der Waals surface area contributed by atoms with E-state index in [1.165, 1.54) is 6.39 Å². The predicted octanol–water partition coefficient (Wildman–Crippen LogP) is 4.32. The van der Waals surface area contributed by atoms with Gasteiger partial charge in [-0.05, 0) is 42.7 Å². The van der Waals surface area contributed by atoms with Crippen LogP contribution in [0, 0.1) is 0 Å². The van der Waals surface area contributed by atoms with Gasteiger partial charge in [-0.25, -0.2) is 4.98 Å². The lowest BCUT2D eigenvalue weighted by molar-refractivity contribution is 0.0705. The molecule has 0 unspecified atom stereocenters. The molecule has 0 atom stereocenters. The zero-order chi connectivity index (χ0) is 20.5. The summed E-state index contributed by atoms with van der Waals surface area (Å²) in [5.74, 6) is 0.357. The normalized spacial score (nSPS) is 16.3. The van der Waals surface area contributed by atoms with Crippen molar-refractivity contribution in [3.63, 3.8) is 0 Å². The lowest BCUT2D eigenvalue weighted by atomic mass is 9.97. The van der Waals surface area contributed by atoms with Crippen molar-refractivity contribution < 1.29 is 9.21 Å². The second-order valence-electron chi connectivity index (χ2n) is 7.73. The lowest BCUT2D eigenvalue weighted by Crippen LogP contribution is -2.36. The number of pyridine rings is 1. The van der Waals surface area contributed by atoms with E-state index in [0.29, 0.717) is 22.3 Å². The first-order chi connectivity index (χ1) is 14.6.